The molecule has 1 atom stereocenters. The number of rotatable bonds is 5. The predicted octanol–water partition coefficient (Wildman–Crippen LogP) is 1.52. The molecule has 0 fully saturated rings. The summed E-state index contributed by atoms with van der Waals surface area (Å²) < 4.78 is 4.83. The molecular weight excluding hydrogens is 144 g/mol. The van der Waals surface area contributed by atoms with Crippen molar-refractivity contribution in [3.63, 3.8) is 0 Å². The van der Waals surface area contributed by atoms with E-state index in [0.29, 0.717) is 19.4 Å². The highest BCUT2D eigenvalue weighted by Crippen LogP contribution is 2.25. The summed E-state index contributed by atoms with van der Waals surface area (Å²) in [6.07, 6.45) is 1.22. The molecule has 0 aromatic heterocycles. The fourth-order valence-corrected chi connectivity index (χ4v) is 0.762. The molecule has 0 heterocycles. The second kappa shape index (κ2) is 4.34. The van der Waals surface area contributed by atoms with Gasteiger partial charge in [-0.25, -0.2) is 0 Å². The molecule has 0 spiro atoms. The third kappa shape index (κ3) is 2.89. The van der Waals surface area contributed by atoms with Crippen LogP contribution < -0.4 is 0 Å². The summed E-state index contributed by atoms with van der Waals surface area (Å²) >= 11 is 0. The molecular formula is C8H16O3. The zero-order valence-electron chi connectivity index (χ0n) is 7.39. The van der Waals surface area contributed by atoms with Crippen LogP contribution in [-0.2, 0) is 9.53 Å². The fourth-order valence-electron chi connectivity index (χ4n) is 0.762. The number of carboxylic acids is 1. The van der Waals surface area contributed by atoms with Gasteiger partial charge in [0.2, 0.25) is 0 Å². The van der Waals surface area contributed by atoms with E-state index in [4.69, 9.17) is 9.84 Å². The minimum absolute atomic E-state index is 0.511. The van der Waals surface area contributed by atoms with Gasteiger partial charge in [-0.3, -0.25) is 4.79 Å². The van der Waals surface area contributed by atoms with Crippen LogP contribution in [0.2, 0.25) is 0 Å². The van der Waals surface area contributed by atoms with Crippen LogP contribution in [0.25, 0.3) is 0 Å². The first-order chi connectivity index (χ1) is 5.06. The Morgan fingerprint density at radius 2 is 2.18 bits per heavy atom. The molecule has 3 heteroatoms. The Morgan fingerprint density at radius 3 is 2.45 bits per heavy atom. The summed E-state index contributed by atoms with van der Waals surface area (Å²) in [6.45, 7) is 4.13. The number of carboxylic acid groups (broad SMARTS) is 1. The quantitative estimate of drug-likeness (QED) is 0.663. The zero-order valence-corrected chi connectivity index (χ0v) is 7.39. The van der Waals surface area contributed by atoms with E-state index in [0.717, 1.165) is 0 Å². The Morgan fingerprint density at radius 1 is 1.64 bits per heavy atom. The summed E-state index contributed by atoms with van der Waals surface area (Å²) in [4.78, 5) is 10.7. The zero-order chi connectivity index (χ0) is 8.91. The van der Waals surface area contributed by atoms with E-state index in [1.54, 1.807) is 14.0 Å². The number of hydrogen-bond acceptors (Lipinski definition) is 2. The van der Waals surface area contributed by atoms with E-state index in [1.165, 1.54) is 0 Å². The number of hydrogen-bond donors (Lipinski definition) is 1. The first-order valence-electron chi connectivity index (χ1n) is 3.79. The van der Waals surface area contributed by atoms with Gasteiger partial charge in [-0.05, 0) is 19.8 Å². The molecule has 0 aromatic rings. The van der Waals surface area contributed by atoms with Gasteiger partial charge < -0.3 is 9.84 Å². The van der Waals surface area contributed by atoms with Crippen LogP contribution in [0.5, 0.6) is 0 Å². The Labute approximate surface area is 67.4 Å². The molecule has 0 saturated carbocycles. The number of aliphatic carboxylic acids is 1. The van der Waals surface area contributed by atoms with Gasteiger partial charge in [0.1, 0.15) is 0 Å². The van der Waals surface area contributed by atoms with E-state index in [2.05, 4.69) is 0 Å². The maximum absolute atomic E-state index is 10.7. The van der Waals surface area contributed by atoms with Crippen molar-refractivity contribution in [3.8, 4) is 0 Å². The Kier molecular flexibility index (Phi) is 4.11. The lowest BCUT2D eigenvalue weighted by Gasteiger charge is -2.21. The molecule has 0 rings (SSSR count). The number of carbonyl (C=O) groups is 1. The standard InChI is InChI=1S/C8H16O3/c1-4-8(2,7(9)10)5-6-11-3/h4-6H2,1-3H3,(H,9,10). The molecule has 0 radical (unpaired) electrons. The summed E-state index contributed by atoms with van der Waals surface area (Å²) in [5.41, 5.74) is -0.615. The molecule has 3 nitrogen and oxygen atoms in total. The summed E-state index contributed by atoms with van der Waals surface area (Å²) in [5, 5.41) is 8.80. The summed E-state index contributed by atoms with van der Waals surface area (Å²) in [7, 11) is 1.58. The smallest absolute Gasteiger partial charge is 0.309 e. The normalized spacial score (nSPS) is 15.9. The van der Waals surface area contributed by atoms with Gasteiger partial charge >= 0.3 is 5.97 Å². The molecule has 0 aliphatic heterocycles. The van der Waals surface area contributed by atoms with Gasteiger partial charge in [0.15, 0.2) is 0 Å². The molecule has 0 bridgehead atoms. The van der Waals surface area contributed by atoms with Crippen LogP contribution in [0.15, 0.2) is 0 Å². The maximum atomic E-state index is 10.7. The van der Waals surface area contributed by atoms with Crippen molar-refractivity contribution in [1.29, 1.82) is 0 Å². The first kappa shape index (κ1) is 10.4. The van der Waals surface area contributed by atoms with Crippen LogP contribution in [0.3, 0.4) is 0 Å². The topological polar surface area (TPSA) is 46.5 Å². The van der Waals surface area contributed by atoms with Crippen molar-refractivity contribution >= 4 is 5.97 Å². The highest BCUT2D eigenvalue weighted by molar-refractivity contribution is 5.73. The minimum atomic E-state index is -0.739. The van der Waals surface area contributed by atoms with Gasteiger partial charge in [-0.1, -0.05) is 6.92 Å². The van der Waals surface area contributed by atoms with Crippen molar-refractivity contribution in [2.75, 3.05) is 13.7 Å². The SMILES string of the molecule is CCC(C)(CCOC)C(=O)O. The van der Waals surface area contributed by atoms with Crippen LogP contribution in [0, 0.1) is 5.41 Å². The molecule has 1 N–H and O–H groups in total. The highest BCUT2D eigenvalue weighted by Gasteiger charge is 2.30. The molecule has 0 aliphatic rings. The van der Waals surface area contributed by atoms with Crippen LogP contribution in [0.4, 0.5) is 0 Å². The second-order valence-corrected chi connectivity index (χ2v) is 2.96. The summed E-state index contributed by atoms with van der Waals surface area (Å²) in [6, 6.07) is 0. The van der Waals surface area contributed by atoms with Gasteiger partial charge in [0.25, 0.3) is 0 Å². The molecule has 11 heavy (non-hydrogen) atoms. The van der Waals surface area contributed by atoms with Crippen molar-refractivity contribution < 1.29 is 14.6 Å². The molecule has 0 aromatic carbocycles. The van der Waals surface area contributed by atoms with Gasteiger partial charge in [-0.15, -0.1) is 0 Å². The van der Waals surface area contributed by atoms with Crippen LogP contribution >= 0.6 is 0 Å². The average molecular weight is 160 g/mol. The average Bonchev–Trinajstić information content (AvgIpc) is 2.00. The van der Waals surface area contributed by atoms with Gasteiger partial charge in [-0.2, -0.15) is 0 Å². The van der Waals surface area contributed by atoms with Crippen molar-refractivity contribution in [3.05, 3.63) is 0 Å². The minimum Gasteiger partial charge on any atom is -0.481 e. The molecule has 0 aliphatic carbocycles. The van der Waals surface area contributed by atoms with Gasteiger partial charge in [0, 0.05) is 13.7 Å². The lowest BCUT2D eigenvalue weighted by atomic mass is 9.84. The Bertz CT molecular complexity index is 133. The van der Waals surface area contributed by atoms with E-state index in [-0.39, 0.29) is 0 Å². The van der Waals surface area contributed by atoms with Crippen molar-refractivity contribution in [1.82, 2.24) is 0 Å². The third-order valence-electron chi connectivity index (χ3n) is 2.15. The number of ether oxygens (including phenoxy) is 1. The first-order valence-corrected chi connectivity index (χ1v) is 3.79. The maximum Gasteiger partial charge on any atom is 0.309 e. The van der Waals surface area contributed by atoms with Crippen LogP contribution in [0.1, 0.15) is 26.7 Å². The Balaban J connectivity index is 3.99. The second-order valence-electron chi connectivity index (χ2n) is 2.96. The van der Waals surface area contributed by atoms with Crippen molar-refractivity contribution in [2.24, 2.45) is 5.41 Å². The van der Waals surface area contributed by atoms with E-state index < -0.39 is 11.4 Å². The number of methoxy groups -OCH3 is 1. The highest BCUT2D eigenvalue weighted by atomic mass is 16.5. The van der Waals surface area contributed by atoms with Gasteiger partial charge in [0.05, 0.1) is 5.41 Å². The third-order valence-corrected chi connectivity index (χ3v) is 2.15. The molecule has 1 unspecified atom stereocenters. The van der Waals surface area contributed by atoms with Crippen molar-refractivity contribution in [2.45, 2.75) is 26.7 Å². The van der Waals surface area contributed by atoms with E-state index in [9.17, 15) is 4.79 Å². The summed E-state index contributed by atoms with van der Waals surface area (Å²) in [5.74, 6) is -0.739. The largest absolute Gasteiger partial charge is 0.481 e. The molecule has 66 valence electrons. The van der Waals surface area contributed by atoms with Crippen LogP contribution in [-0.4, -0.2) is 24.8 Å². The lowest BCUT2D eigenvalue weighted by molar-refractivity contribution is -0.149. The van der Waals surface area contributed by atoms with E-state index in [1.807, 2.05) is 6.92 Å². The fraction of sp³-hybridized carbons (Fsp3) is 0.875. The predicted molar refractivity (Wildman–Crippen MR) is 42.5 cm³/mol. The monoisotopic (exact) mass is 160 g/mol. The molecule has 0 saturated heterocycles. The Hall–Kier alpha value is -0.570. The van der Waals surface area contributed by atoms with E-state index >= 15 is 0 Å². The lowest BCUT2D eigenvalue weighted by Crippen LogP contribution is -2.28. The molecule has 0 amide bonds.